The van der Waals surface area contributed by atoms with Gasteiger partial charge in [0, 0.05) is 13.1 Å². The van der Waals surface area contributed by atoms with Gasteiger partial charge in [0.1, 0.15) is 10.3 Å². The summed E-state index contributed by atoms with van der Waals surface area (Å²) in [5.74, 6) is 1.89. The zero-order valence-electron chi connectivity index (χ0n) is 17.5. The molecule has 0 radical (unpaired) electrons. The van der Waals surface area contributed by atoms with Crippen LogP contribution in [0.4, 0.5) is 4.79 Å². The zero-order chi connectivity index (χ0) is 20.1. The van der Waals surface area contributed by atoms with E-state index < -0.39 is 10.3 Å². The molecule has 1 N–H and O–H groups in total. The molecule has 7 heteroatoms. The van der Waals surface area contributed by atoms with E-state index in [1.54, 1.807) is 16.7 Å². The second-order valence-corrected chi connectivity index (χ2v) is 11.5. The van der Waals surface area contributed by atoms with Gasteiger partial charge in [0.05, 0.1) is 6.04 Å². The Morgan fingerprint density at radius 3 is 2.50 bits per heavy atom. The SMILES string of the molecule is CC(C)(C)OC(=O)N1CCC(C2(C)SC(=N[C@H]3C[C@@H]4CC[C@H]3C4)NC2=O)CC1. The van der Waals surface area contributed by atoms with Crippen molar-refractivity contribution < 1.29 is 14.3 Å². The number of hydrogen-bond acceptors (Lipinski definition) is 5. The number of hydrogen-bond donors (Lipinski definition) is 1. The van der Waals surface area contributed by atoms with E-state index in [4.69, 9.17) is 9.73 Å². The molecule has 28 heavy (non-hydrogen) atoms. The molecule has 4 fully saturated rings. The lowest BCUT2D eigenvalue weighted by Crippen LogP contribution is -2.48. The van der Waals surface area contributed by atoms with E-state index in [9.17, 15) is 9.59 Å². The fraction of sp³-hybridized carbons (Fsp3) is 0.857. The summed E-state index contributed by atoms with van der Waals surface area (Å²) in [7, 11) is 0. The van der Waals surface area contributed by atoms with Gasteiger partial charge in [0.25, 0.3) is 0 Å². The Bertz CT molecular complexity index is 681. The topological polar surface area (TPSA) is 71.0 Å². The summed E-state index contributed by atoms with van der Waals surface area (Å²) in [6.07, 6.45) is 6.55. The highest BCUT2D eigenvalue weighted by Gasteiger charge is 2.50. The third-order valence-electron chi connectivity index (χ3n) is 6.89. The summed E-state index contributed by atoms with van der Waals surface area (Å²) in [4.78, 5) is 31.8. The Morgan fingerprint density at radius 1 is 1.21 bits per heavy atom. The molecule has 1 unspecified atom stereocenters. The maximum atomic E-state index is 12.8. The van der Waals surface area contributed by atoms with Crippen LogP contribution in [-0.4, -0.2) is 51.5 Å². The summed E-state index contributed by atoms with van der Waals surface area (Å²) < 4.78 is 4.99. The summed E-state index contributed by atoms with van der Waals surface area (Å²) in [5.41, 5.74) is -0.480. The van der Waals surface area contributed by atoms with Gasteiger partial charge in [-0.3, -0.25) is 9.79 Å². The number of likely N-dealkylation sites (tertiary alicyclic amines) is 1. The standard InChI is InChI=1S/C21H33N3O3S/c1-20(2,3)27-19(26)24-9-7-15(8-10-24)21(4)17(25)23-18(28-21)22-16-12-13-5-6-14(16)11-13/h13-16H,5-12H2,1-4H3,(H,22,23,25)/t13-,14+,16+,21?/m1/s1. The first-order valence-corrected chi connectivity index (χ1v) is 11.5. The van der Waals surface area contributed by atoms with Gasteiger partial charge in [-0.15, -0.1) is 0 Å². The molecular formula is C21H33N3O3S. The largest absolute Gasteiger partial charge is 0.444 e. The number of carbonyl (C=O) groups is 2. The molecule has 2 aliphatic heterocycles. The molecule has 0 aromatic carbocycles. The Balaban J connectivity index is 1.35. The number of thioether (sulfide) groups is 1. The molecule has 2 heterocycles. The molecule has 0 aromatic heterocycles. The Labute approximate surface area is 172 Å². The molecule has 2 amide bonds. The fourth-order valence-corrected chi connectivity index (χ4v) is 6.56. The smallest absolute Gasteiger partial charge is 0.410 e. The number of amidine groups is 1. The number of rotatable bonds is 2. The Morgan fingerprint density at radius 2 is 1.93 bits per heavy atom. The highest BCUT2D eigenvalue weighted by atomic mass is 32.2. The lowest BCUT2D eigenvalue weighted by molar-refractivity contribution is -0.122. The minimum Gasteiger partial charge on any atom is -0.444 e. The van der Waals surface area contributed by atoms with E-state index in [1.807, 2.05) is 27.7 Å². The monoisotopic (exact) mass is 407 g/mol. The number of ether oxygens (including phenoxy) is 1. The van der Waals surface area contributed by atoms with E-state index >= 15 is 0 Å². The molecule has 2 saturated heterocycles. The highest BCUT2D eigenvalue weighted by Crippen LogP contribution is 2.48. The summed E-state index contributed by atoms with van der Waals surface area (Å²) in [6, 6.07) is 0.401. The van der Waals surface area contributed by atoms with Crippen molar-refractivity contribution in [2.75, 3.05) is 13.1 Å². The quantitative estimate of drug-likeness (QED) is 0.756. The van der Waals surface area contributed by atoms with Crippen LogP contribution in [0.1, 0.15) is 66.2 Å². The molecule has 156 valence electrons. The van der Waals surface area contributed by atoms with Gasteiger partial charge in [-0.05, 0) is 77.6 Å². The average Bonchev–Trinajstić information content (AvgIpc) is 3.29. The molecule has 2 bridgehead atoms. The first-order chi connectivity index (χ1) is 13.1. The van der Waals surface area contributed by atoms with Crippen molar-refractivity contribution in [2.45, 2.75) is 82.6 Å². The van der Waals surface area contributed by atoms with Crippen LogP contribution in [0.2, 0.25) is 0 Å². The van der Waals surface area contributed by atoms with Crippen molar-refractivity contribution in [1.82, 2.24) is 10.2 Å². The second kappa shape index (κ2) is 7.22. The Hall–Kier alpha value is -1.24. The highest BCUT2D eigenvalue weighted by molar-refractivity contribution is 8.16. The lowest BCUT2D eigenvalue weighted by atomic mass is 9.84. The van der Waals surface area contributed by atoms with E-state index in [-0.39, 0.29) is 17.9 Å². The van der Waals surface area contributed by atoms with Crippen molar-refractivity contribution in [3.63, 3.8) is 0 Å². The molecule has 2 saturated carbocycles. The number of nitrogens with one attached hydrogen (secondary N) is 1. The van der Waals surface area contributed by atoms with Gasteiger partial charge in [-0.25, -0.2) is 4.79 Å². The third-order valence-corrected chi connectivity index (χ3v) is 8.23. The van der Waals surface area contributed by atoms with E-state index in [0.29, 0.717) is 19.1 Å². The van der Waals surface area contributed by atoms with Crippen LogP contribution < -0.4 is 5.32 Å². The van der Waals surface area contributed by atoms with Gasteiger partial charge >= 0.3 is 6.09 Å². The van der Waals surface area contributed by atoms with Gasteiger partial charge in [0.15, 0.2) is 5.17 Å². The summed E-state index contributed by atoms with van der Waals surface area (Å²) in [5, 5.41) is 3.88. The maximum absolute atomic E-state index is 12.8. The third kappa shape index (κ3) is 3.91. The van der Waals surface area contributed by atoms with E-state index in [1.165, 1.54) is 25.7 Å². The number of piperidine rings is 1. The van der Waals surface area contributed by atoms with Crippen LogP contribution in [0.15, 0.2) is 4.99 Å². The molecule has 4 aliphatic rings. The van der Waals surface area contributed by atoms with Gasteiger partial charge in [0.2, 0.25) is 5.91 Å². The fourth-order valence-electron chi connectivity index (χ4n) is 5.28. The van der Waals surface area contributed by atoms with Crippen LogP contribution in [0.3, 0.4) is 0 Å². The molecule has 2 aliphatic carbocycles. The molecule has 4 rings (SSSR count). The maximum Gasteiger partial charge on any atom is 0.410 e. The van der Waals surface area contributed by atoms with Crippen LogP contribution in [0.25, 0.3) is 0 Å². The van der Waals surface area contributed by atoms with Crippen molar-refractivity contribution in [1.29, 1.82) is 0 Å². The number of fused-ring (bicyclic) bond motifs is 2. The molecule has 0 spiro atoms. The van der Waals surface area contributed by atoms with Crippen molar-refractivity contribution in [3.05, 3.63) is 0 Å². The predicted octanol–water partition coefficient (Wildman–Crippen LogP) is 3.80. The predicted molar refractivity (Wildman–Crippen MR) is 111 cm³/mol. The van der Waals surface area contributed by atoms with Crippen molar-refractivity contribution >= 4 is 28.9 Å². The average molecular weight is 408 g/mol. The van der Waals surface area contributed by atoms with Crippen LogP contribution in [-0.2, 0) is 9.53 Å². The minimum absolute atomic E-state index is 0.0788. The van der Waals surface area contributed by atoms with E-state index in [2.05, 4.69) is 5.32 Å². The Kier molecular flexibility index (Phi) is 5.17. The van der Waals surface area contributed by atoms with Gasteiger partial charge in [-0.2, -0.15) is 0 Å². The summed E-state index contributed by atoms with van der Waals surface area (Å²) >= 11 is 1.62. The first kappa shape index (κ1) is 20.0. The molecule has 6 nitrogen and oxygen atoms in total. The minimum atomic E-state index is -0.490. The summed E-state index contributed by atoms with van der Waals surface area (Å²) in [6.45, 7) is 8.98. The van der Waals surface area contributed by atoms with Gasteiger partial charge in [-0.1, -0.05) is 18.2 Å². The lowest BCUT2D eigenvalue weighted by Gasteiger charge is -2.38. The van der Waals surface area contributed by atoms with Gasteiger partial charge < -0.3 is 15.0 Å². The molecule has 0 aromatic rings. The zero-order valence-corrected chi connectivity index (χ0v) is 18.3. The van der Waals surface area contributed by atoms with Crippen LogP contribution in [0, 0.1) is 17.8 Å². The van der Waals surface area contributed by atoms with Crippen molar-refractivity contribution in [2.24, 2.45) is 22.7 Å². The second-order valence-electron chi connectivity index (χ2n) is 10.1. The van der Waals surface area contributed by atoms with Crippen LogP contribution in [0.5, 0.6) is 0 Å². The number of nitrogens with zero attached hydrogens (tertiary/aromatic N) is 2. The van der Waals surface area contributed by atoms with Crippen molar-refractivity contribution in [3.8, 4) is 0 Å². The number of carbonyl (C=O) groups excluding carboxylic acids is 2. The first-order valence-electron chi connectivity index (χ1n) is 10.7. The number of amides is 2. The molecule has 4 atom stereocenters. The normalized spacial score (nSPS) is 37.6. The number of aliphatic imine (C=N–C) groups is 1. The van der Waals surface area contributed by atoms with E-state index in [0.717, 1.165) is 29.8 Å². The molecular weight excluding hydrogens is 374 g/mol. The van der Waals surface area contributed by atoms with Crippen LogP contribution >= 0.6 is 11.8 Å².